The van der Waals surface area contributed by atoms with Crippen molar-refractivity contribution in [2.24, 2.45) is 0 Å². The molecule has 0 aliphatic carbocycles. The fourth-order valence-corrected chi connectivity index (χ4v) is 3.63. The third kappa shape index (κ3) is 4.50. The first-order chi connectivity index (χ1) is 13.0. The molecule has 2 heterocycles. The van der Waals surface area contributed by atoms with Crippen molar-refractivity contribution in [1.29, 1.82) is 0 Å². The van der Waals surface area contributed by atoms with E-state index in [0.29, 0.717) is 26.3 Å². The van der Waals surface area contributed by atoms with E-state index in [1.54, 1.807) is 42.7 Å². The Morgan fingerprint density at radius 2 is 2.19 bits per heavy atom. The number of rotatable bonds is 7. The molecule has 27 heavy (non-hydrogen) atoms. The van der Waals surface area contributed by atoms with Crippen LogP contribution in [0.4, 0.5) is 0 Å². The lowest BCUT2D eigenvalue weighted by molar-refractivity contribution is -0.307. The molecule has 0 N–H and O–H groups in total. The van der Waals surface area contributed by atoms with Gasteiger partial charge in [0.1, 0.15) is 16.7 Å². The van der Waals surface area contributed by atoms with Crippen molar-refractivity contribution in [2.75, 3.05) is 13.7 Å². The minimum absolute atomic E-state index is 0.211. The summed E-state index contributed by atoms with van der Waals surface area (Å²) in [6, 6.07) is 8.42. The molecule has 0 radical (unpaired) electrons. The van der Waals surface area contributed by atoms with Gasteiger partial charge in [-0.1, -0.05) is 30.0 Å². The van der Waals surface area contributed by atoms with Crippen LogP contribution in [0.15, 0.2) is 45.9 Å². The van der Waals surface area contributed by atoms with Gasteiger partial charge < -0.3 is 23.8 Å². The van der Waals surface area contributed by atoms with Gasteiger partial charge in [0.05, 0.1) is 30.8 Å². The highest BCUT2D eigenvalue weighted by Gasteiger charge is 2.32. The number of hydrogen-bond acceptors (Lipinski definition) is 8. The van der Waals surface area contributed by atoms with Crippen molar-refractivity contribution in [1.82, 2.24) is 4.90 Å². The number of carboxylic acid groups (broad SMARTS) is 1. The summed E-state index contributed by atoms with van der Waals surface area (Å²) in [5.41, 5.74) is 0.686. The van der Waals surface area contributed by atoms with E-state index in [2.05, 4.69) is 0 Å². The second kappa shape index (κ2) is 8.28. The van der Waals surface area contributed by atoms with Crippen LogP contribution in [0.1, 0.15) is 11.3 Å². The summed E-state index contributed by atoms with van der Waals surface area (Å²) in [6.07, 6.45) is 3.23. The smallest absolute Gasteiger partial charge is 0.266 e. The Morgan fingerprint density at radius 3 is 2.85 bits per heavy atom. The van der Waals surface area contributed by atoms with Gasteiger partial charge in [0, 0.05) is 0 Å². The number of amides is 1. The molecule has 1 aromatic carbocycles. The highest BCUT2D eigenvalue weighted by atomic mass is 32.2. The van der Waals surface area contributed by atoms with Crippen LogP contribution >= 0.6 is 24.0 Å². The molecule has 9 heteroatoms. The van der Waals surface area contributed by atoms with Crippen molar-refractivity contribution in [3.8, 4) is 11.5 Å². The number of methoxy groups -OCH3 is 1. The third-order valence-corrected chi connectivity index (χ3v) is 4.98. The van der Waals surface area contributed by atoms with Gasteiger partial charge in [-0.25, -0.2) is 0 Å². The van der Waals surface area contributed by atoms with Gasteiger partial charge in [0.2, 0.25) is 0 Å². The maximum absolute atomic E-state index is 12.6. The first kappa shape index (κ1) is 19.0. The normalized spacial score (nSPS) is 15.4. The molecule has 1 aliphatic rings. The average molecular weight is 404 g/mol. The summed E-state index contributed by atoms with van der Waals surface area (Å²) in [5, 5.41) is 10.5. The van der Waals surface area contributed by atoms with Crippen LogP contribution in [0.3, 0.4) is 0 Å². The Bertz CT molecular complexity index is 907. The number of hydrogen-bond donors (Lipinski definition) is 0. The van der Waals surface area contributed by atoms with Gasteiger partial charge >= 0.3 is 0 Å². The van der Waals surface area contributed by atoms with Crippen LogP contribution in [0, 0.1) is 0 Å². The number of ether oxygens (including phenoxy) is 2. The molecular formula is C18H14NO6S2-. The van der Waals surface area contributed by atoms with E-state index in [1.807, 2.05) is 0 Å². The minimum Gasteiger partial charge on any atom is -0.546 e. The topological polar surface area (TPSA) is 92.0 Å². The van der Waals surface area contributed by atoms with E-state index in [4.69, 9.17) is 26.1 Å². The monoisotopic (exact) mass is 404 g/mol. The fraction of sp³-hybridized carbons (Fsp3) is 0.167. The van der Waals surface area contributed by atoms with Gasteiger partial charge in [-0.15, -0.1) is 0 Å². The molecule has 0 saturated carbocycles. The molecule has 7 nitrogen and oxygen atoms in total. The number of carbonyl (C=O) groups is 2. The number of thiocarbonyl (C=S) groups is 1. The van der Waals surface area contributed by atoms with Crippen LogP contribution in [0.2, 0.25) is 0 Å². The number of nitrogens with zero attached hydrogens (tertiary/aromatic N) is 1. The average Bonchev–Trinajstić information content (AvgIpc) is 3.24. The van der Waals surface area contributed by atoms with Gasteiger partial charge in [0.15, 0.2) is 11.5 Å². The van der Waals surface area contributed by atoms with Gasteiger partial charge in [0.25, 0.3) is 5.91 Å². The predicted molar refractivity (Wildman–Crippen MR) is 101 cm³/mol. The Morgan fingerprint density at radius 1 is 1.37 bits per heavy atom. The molecule has 1 aliphatic heterocycles. The van der Waals surface area contributed by atoms with Gasteiger partial charge in [-0.05, 0) is 35.9 Å². The van der Waals surface area contributed by atoms with Crippen LogP contribution in [0.25, 0.3) is 6.08 Å². The summed E-state index contributed by atoms with van der Waals surface area (Å²) < 4.78 is 16.0. The number of furan rings is 1. The van der Waals surface area contributed by atoms with E-state index >= 15 is 0 Å². The summed E-state index contributed by atoms with van der Waals surface area (Å²) in [5.74, 6) is -0.289. The van der Waals surface area contributed by atoms with E-state index in [-0.39, 0.29) is 18.2 Å². The molecule has 140 valence electrons. The van der Waals surface area contributed by atoms with E-state index in [9.17, 15) is 14.7 Å². The zero-order chi connectivity index (χ0) is 19.4. The van der Waals surface area contributed by atoms with E-state index in [0.717, 1.165) is 0 Å². The molecule has 1 fully saturated rings. The Labute approximate surface area is 164 Å². The van der Waals surface area contributed by atoms with Crippen LogP contribution in [-0.4, -0.2) is 34.8 Å². The molecule has 0 bridgehead atoms. The quantitative estimate of drug-likeness (QED) is 0.510. The maximum atomic E-state index is 12.6. The first-order valence-electron chi connectivity index (χ1n) is 7.76. The number of thioether (sulfide) groups is 1. The predicted octanol–water partition coefficient (Wildman–Crippen LogP) is 1.82. The Kier molecular flexibility index (Phi) is 5.82. The fourth-order valence-electron chi connectivity index (χ4n) is 2.38. The second-order valence-corrected chi connectivity index (χ2v) is 7.09. The molecule has 0 spiro atoms. The molecule has 1 aromatic heterocycles. The zero-order valence-corrected chi connectivity index (χ0v) is 15.8. The standard InChI is InChI=1S/C18H15NO6S2/c1-23-14-7-11(4-5-13(14)25-10-16(20)21)8-15-17(22)19(18(26)27-15)9-12-3-2-6-24-12/h2-8H,9-10H2,1H3,(H,20,21)/p-1/b15-8-. The SMILES string of the molecule is COc1cc(/C=C2\SC(=S)N(Cc3ccco3)C2=O)ccc1OCC(=O)[O-]. The van der Waals surface area contributed by atoms with Crippen LogP contribution in [0.5, 0.6) is 11.5 Å². The second-order valence-electron chi connectivity index (χ2n) is 5.42. The van der Waals surface area contributed by atoms with E-state index < -0.39 is 12.6 Å². The van der Waals surface area contributed by atoms with Crippen molar-refractivity contribution in [3.05, 3.63) is 52.8 Å². The lowest BCUT2D eigenvalue weighted by Gasteiger charge is -2.12. The molecule has 2 aromatic rings. The lowest BCUT2D eigenvalue weighted by atomic mass is 10.2. The highest BCUT2D eigenvalue weighted by Crippen LogP contribution is 2.35. The highest BCUT2D eigenvalue weighted by molar-refractivity contribution is 8.26. The number of carboxylic acids is 1. The molecule has 0 unspecified atom stereocenters. The van der Waals surface area contributed by atoms with Crippen molar-refractivity contribution < 1.29 is 28.6 Å². The molecule has 1 saturated heterocycles. The summed E-state index contributed by atoms with van der Waals surface area (Å²) in [7, 11) is 1.44. The van der Waals surface area contributed by atoms with E-state index in [1.165, 1.54) is 23.8 Å². The molecular weight excluding hydrogens is 390 g/mol. The lowest BCUT2D eigenvalue weighted by Crippen LogP contribution is -2.29. The van der Waals surface area contributed by atoms with Crippen LogP contribution < -0.4 is 14.6 Å². The Hall–Kier alpha value is -2.78. The summed E-state index contributed by atoms with van der Waals surface area (Å²) >= 11 is 6.49. The zero-order valence-electron chi connectivity index (χ0n) is 14.2. The minimum atomic E-state index is -1.33. The summed E-state index contributed by atoms with van der Waals surface area (Å²) in [4.78, 5) is 25.1. The van der Waals surface area contributed by atoms with Gasteiger partial charge in [-0.3, -0.25) is 9.69 Å². The Balaban J connectivity index is 1.78. The van der Waals surface area contributed by atoms with Crippen molar-refractivity contribution in [2.45, 2.75) is 6.54 Å². The number of carbonyl (C=O) groups excluding carboxylic acids is 2. The largest absolute Gasteiger partial charge is 0.546 e. The first-order valence-corrected chi connectivity index (χ1v) is 8.99. The molecule has 3 rings (SSSR count). The summed E-state index contributed by atoms with van der Waals surface area (Å²) in [6.45, 7) is -0.310. The molecule has 1 amide bonds. The van der Waals surface area contributed by atoms with Crippen LogP contribution in [-0.2, 0) is 16.1 Å². The van der Waals surface area contributed by atoms with Gasteiger partial charge in [-0.2, -0.15) is 0 Å². The molecule has 0 atom stereocenters. The van der Waals surface area contributed by atoms with Crippen molar-refractivity contribution >= 4 is 46.3 Å². The number of aliphatic carboxylic acids is 1. The number of benzene rings is 1. The van der Waals surface area contributed by atoms with Crippen molar-refractivity contribution in [3.63, 3.8) is 0 Å². The third-order valence-electron chi connectivity index (χ3n) is 3.60. The maximum Gasteiger partial charge on any atom is 0.266 e.